The maximum atomic E-state index is 4.79. The molecule has 1 aliphatic carbocycles. The van der Waals surface area contributed by atoms with Crippen LogP contribution >= 0.6 is 15.9 Å². The molecule has 1 fully saturated rings. The lowest BCUT2D eigenvalue weighted by atomic mass is 10.3. The third kappa shape index (κ3) is 4.69. The van der Waals surface area contributed by atoms with Crippen LogP contribution in [0.25, 0.3) is 0 Å². The number of aromatic nitrogens is 3. The zero-order valence-corrected chi connectivity index (χ0v) is 17.5. The van der Waals surface area contributed by atoms with E-state index in [4.69, 9.17) is 10.1 Å². The van der Waals surface area contributed by atoms with Crippen LogP contribution in [0.2, 0.25) is 0 Å². The number of hydrogen-bond donors (Lipinski definition) is 1. The lowest BCUT2D eigenvalue weighted by Gasteiger charge is -2.22. The van der Waals surface area contributed by atoms with E-state index in [1.165, 1.54) is 31.4 Å². The molecule has 2 aromatic rings. The summed E-state index contributed by atoms with van der Waals surface area (Å²) in [6.07, 6.45) is 9.33. The van der Waals surface area contributed by atoms with E-state index in [1.807, 2.05) is 0 Å². The van der Waals surface area contributed by atoms with Crippen LogP contribution in [0.5, 0.6) is 0 Å². The van der Waals surface area contributed by atoms with Crippen molar-refractivity contribution >= 4 is 21.9 Å². The van der Waals surface area contributed by atoms with Crippen LogP contribution in [0.1, 0.15) is 50.0 Å². The van der Waals surface area contributed by atoms with Crippen LogP contribution in [0, 0.1) is 0 Å². The molecule has 142 valence electrons. The monoisotopic (exact) mass is 420 g/mol. The van der Waals surface area contributed by atoms with E-state index < -0.39 is 0 Å². The van der Waals surface area contributed by atoms with E-state index in [9.17, 15) is 0 Å². The Labute approximate surface area is 164 Å². The average Bonchev–Trinajstić information content (AvgIpc) is 3.33. The Hall–Kier alpha value is -1.76. The molecule has 0 spiro atoms. The molecule has 0 amide bonds. The summed E-state index contributed by atoms with van der Waals surface area (Å²) >= 11 is 3.54. The lowest BCUT2D eigenvalue weighted by Crippen LogP contribution is -2.38. The molecule has 1 N–H and O–H groups in total. The number of nitrogens with zero attached hydrogens (tertiary/aromatic N) is 5. The molecular weight excluding hydrogens is 392 g/mol. The van der Waals surface area contributed by atoms with Gasteiger partial charge in [0.15, 0.2) is 5.96 Å². The van der Waals surface area contributed by atoms with Crippen LogP contribution in [-0.2, 0) is 20.1 Å². The van der Waals surface area contributed by atoms with Crippen LogP contribution in [0.15, 0.2) is 34.0 Å². The Kier molecular flexibility index (Phi) is 6.40. The number of aliphatic imine (C=N–C) groups is 1. The first-order chi connectivity index (χ1) is 12.6. The van der Waals surface area contributed by atoms with Gasteiger partial charge >= 0.3 is 0 Å². The summed E-state index contributed by atoms with van der Waals surface area (Å²) in [5, 5.41) is 8.12. The minimum Gasteiger partial charge on any atom is -0.357 e. The van der Waals surface area contributed by atoms with Crippen molar-refractivity contribution in [1.82, 2.24) is 24.6 Å². The summed E-state index contributed by atoms with van der Waals surface area (Å²) in [6, 6.07) is 4.82. The number of aryl methyl sites for hydroxylation is 1. The van der Waals surface area contributed by atoms with Gasteiger partial charge in [0.25, 0.3) is 0 Å². The summed E-state index contributed by atoms with van der Waals surface area (Å²) in [7, 11) is 4.13. The molecule has 6 nitrogen and oxygen atoms in total. The van der Waals surface area contributed by atoms with Crippen molar-refractivity contribution in [3.63, 3.8) is 0 Å². The van der Waals surface area contributed by atoms with Gasteiger partial charge < -0.3 is 14.8 Å². The van der Waals surface area contributed by atoms with Crippen molar-refractivity contribution in [2.24, 2.45) is 12.0 Å². The Morgan fingerprint density at radius 1 is 1.42 bits per heavy atom. The Bertz CT molecular complexity index is 741. The van der Waals surface area contributed by atoms with Crippen molar-refractivity contribution < 1.29 is 0 Å². The Balaban J connectivity index is 1.65. The maximum Gasteiger partial charge on any atom is 0.194 e. The van der Waals surface area contributed by atoms with Crippen molar-refractivity contribution in [1.29, 1.82) is 0 Å². The highest BCUT2D eigenvalue weighted by molar-refractivity contribution is 9.10. The van der Waals surface area contributed by atoms with Crippen LogP contribution in [-0.4, -0.2) is 38.8 Å². The first-order valence-corrected chi connectivity index (χ1v) is 10.2. The molecule has 0 aromatic carbocycles. The van der Waals surface area contributed by atoms with Gasteiger partial charge in [0.2, 0.25) is 0 Å². The molecule has 2 aromatic heterocycles. The Morgan fingerprint density at radius 2 is 2.19 bits per heavy atom. The summed E-state index contributed by atoms with van der Waals surface area (Å²) in [4.78, 5) is 6.94. The van der Waals surface area contributed by atoms with Gasteiger partial charge in [-0.05, 0) is 47.8 Å². The molecule has 0 bridgehead atoms. The van der Waals surface area contributed by atoms with Crippen molar-refractivity contribution in [2.45, 2.75) is 51.7 Å². The average molecular weight is 421 g/mol. The molecule has 1 saturated carbocycles. The molecule has 2 heterocycles. The quantitative estimate of drug-likeness (QED) is 0.572. The smallest absolute Gasteiger partial charge is 0.194 e. The molecule has 26 heavy (non-hydrogen) atoms. The first-order valence-electron chi connectivity index (χ1n) is 9.41. The SMILES string of the molecule is CCNC(=NCc1ccn(C2CCCC2)n1)N(C)Cc1cc(Br)cn1C. The maximum absolute atomic E-state index is 4.79. The minimum atomic E-state index is 0.583. The van der Waals surface area contributed by atoms with Gasteiger partial charge in [0, 0.05) is 43.2 Å². The van der Waals surface area contributed by atoms with E-state index in [1.54, 1.807) is 0 Å². The van der Waals surface area contributed by atoms with Gasteiger partial charge in [-0.1, -0.05) is 12.8 Å². The van der Waals surface area contributed by atoms with Crippen molar-refractivity contribution in [3.05, 3.63) is 40.4 Å². The second-order valence-corrected chi connectivity index (χ2v) is 7.93. The summed E-state index contributed by atoms with van der Waals surface area (Å²) < 4.78 is 5.37. The number of guanidine groups is 1. The van der Waals surface area contributed by atoms with Crippen molar-refractivity contribution in [3.8, 4) is 0 Å². The first kappa shape index (κ1) is 19.0. The normalized spacial score (nSPS) is 15.6. The number of halogens is 1. The number of hydrogen-bond acceptors (Lipinski definition) is 2. The van der Waals surface area contributed by atoms with E-state index in [0.717, 1.165) is 29.2 Å². The standard InChI is InChI=1S/C19H29BrN6/c1-4-21-19(25(3)14-18-11-15(20)13-24(18)2)22-12-16-9-10-26(23-16)17-7-5-6-8-17/h9-11,13,17H,4-8,12,14H2,1-3H3,(H,21,22). The number of nitrogens with one attached hydrogen (secondary N) is 1. The van der Waals surface area contributed by atoms with Crippen LogP contribution in [0.3, 0.4) is 0 Å². The van der Waals surface area contributed by atoms with E-state index in [0.29, 0.717) is 12.6 Å². The van der Waals surface area contributed by atoms with E-state index >= 15 is 0 Å². The molecular formula is C19H29BrN6. The molecule has 1 aliphatic rings. The largest absolute Gasteiger partial charge is 0.357 e. The molecule has 0 radical (unpaired) electrons. The fourth-order valence-corrected chi connectivity index (χ4v) is 4.07. The van der Waals surface area contributed by atoms with Gasteiger partial charge in [0.05, 0.1) is 24.8 Å². The van der Waals surface area contributed by atoms with Gasteiger partial charge in [-0.2, -0.15) is 5.10 Å². The topological polar surface area (TPSA) is 50.4 Å². The molecule has 3 rings (SSSR count). The molecule has 7 heteroatoms. The van der Waals surface area contributed by atoms with E-state index in [-0.39, 0.29) is 0 Å². The van der Waals surface area contributed by atoms with Gasteiger partial charge in [0.1, 0.15) is 0 Å². The molecule has 0 atom stereocenters. The van der Waals surface area contributed by atoms with Gasteiger partial charge in [-0.25, -0.2) is 4.99 Å². The fraction of sp³-hybridized carbons (Fsp3) is 0.579. The predicted molar refractivity (Wildman–Crippen MR) is 109 cm³/mol. The minimum absolute atomic E-state index is 0.583. The zero-order valence-electron chi connectivity index (χ0n) is 16.0. The van der Waals surface area contributed by atoms with Crippen LogP contribution < -0.4 is 5.32 Å². The predicted octanol–water partition coefficient (Wildman–Crippen LogP) is 3.70. The highest BCUT2D eigenvalue weighted by Gasteiger charge is 2.17. The zero-order chi connectivity index (χ0) is 18.5. The highest BCUT2D eigenvalue weighted by atomic mass is 79.9. The second-order valence-electron chi connectivity index (χ2n) is 7.01. The third-order valence-corrected chi connectivity index (χ3v) is 5.36. The molecule has 0 saturated heterocycles. The lowest BCUT2D eigenvalue weighted by molar-refractivity contribution is 0.457. The van der Waals surface area contributed by atoms with Gasteiger partial charge in [-0.15, -0.1) is 0 Å². The number of rotatable bonds is 6. The van der Waals surface area contributed by atoms with Crippen LogP contribution in [0.4, 0.5) is 0 Å². The van der Waals surface area contributed by atoms with Gasteiger partial charge in [-0.3, -0.25) is 4.68 Å². The summed E-state index contributed by atoms with van der Waals surface area (Å²) in [6.45, 7) is 4.33. The highest BCUT2D eigenvalue weighted by Crippen LogP contribution is 2.28. The molecule has 0 unspecified atom stereocenters. The van der Waals surface area contributed by atoms with E-state index in [2.05, 4.69) is 80.9 Å². The summed E-state index contributed by atoms with van der Waals surface area (Å²) in [5.41, 5.74) is 2.26. The fourth-order valence-electron chi connectivity index (χ4n) is 3.50. The summed E-state index contributed by atoms with van der Waals surface area (Å²) in [5.74, 6) is 0.903. The molecule has 0 aliphatic heterocycles. The van der Waals surface area contributed by atoms with Crippen molar-refractivity contribution in [2.75, 3.05) is 13.6 Å². The Morgan fingerprint density at radius 3 is 2.85 bits per heavy atom. The third-order valence-electron chi connectivity index (χ3n) is 4.92. The second kappa shape index (κ2) is 8.75.